The van der Waals surface area contributed by atoms with Crippen molar-refractivity contribution in [2.75, 3.05) is 11.9 Å². The van der Waals surface area contributed by atoms with Crippen LogP contribution in [0.2, 0.25) is 5.02 Å². The quantitative estimate of drug-likeness (QED) is 0.0711. The summed E-state index contributed by atoms with van der Waals surface area (Å²) in [6.45, 7) is 14.4. The Bertz CT molecular complexity index is 1960. The Morgan fingerprint density at radius 1 is 0.857 bits per heavy atom. The van der Waals surface area contributed by atoms with Crippen LogP contribution in [0.15, 0.2) is 87.9 Å². The molecule has 0 bridgehead atoms. The van der Waals surface area contributed by atoms with Crippen LogP contribution in [0.1, 0.15) is 71.1 Å². The molecule has 0 aliphatic rings. The Hall–Kier alpha value is -4.45. The third kappa shape index (κ3) is 9.17. The molecule has 0 heterocycles. The molecule has 4 rings (SSSR count). The molecule has 49 heavy (non-hydrogen) atoms. The molecular weight excluding hydrogens is 666 g/mol. The lowest BCUT2D eigenvalue weighted by atomic mass is 9.76. The van der Waals surface area contributed by atoms with E-state index in [1.165, 1.54) is 35.9 Å². The van der Waals surface area contributed by atoms with E-state index in [0.29, 0.717) is 34.2 Å². The molecule has 0 aliphatic heterocycles. The number of azo groups is 1. The first-order valence-electron chi connectivity index (χ1n) is 15.8. The third-order valence-electron chi connectivity index (χ3n) is 8.81. The first kappa shape index (κ1) is 37.4. The number of nitrogens with one attached hydrogen (secondary N) is 1. The Labute approximate surface area is 292 Å². The number of aromatic hydroxyl groups is 1. The van der Waals surface area contributed by atoms with Crippen LogP contribution < -0.4 is 14.8 Å². The van der Waals surface area contributed by atoms with E-state index < -0.39 is 16.0 Å². The van der Waals surface area contributed by atoms with Crippen molar-refractivity contribution in [1.29, 1.82) is 0 Å². The molecule has 0 atom stereocenters. The first-order valence-corrected chi connectivity index (χ1v) is 17.6. The van der Waals surface area contributed by atoms with Gasteiger partial charge in [0, 0.05) is 17.2 Å². The molecule has 260 valence electrons. The van der Waals surface area contributed by atoms with Gasteiger partial charge in [0.2, 0.25) is 0 Å². The van der Waals surface area contributed by atoms with Crippen molar-refractivity contribution in [1.82, 2.24) is 0 Å². The van der Waals surface area contributed by atoms with E-state index in [4.69, 9.17) is 25.6 Å². The number of hydrogen-bond donors (Lipinski definition) is 3. The Morgan fingerprint density at radius 2 is 1.43 bits per heavy atom. The van der Waals surface area contributed by atoms with E-state index in [2.05, 4.69) is 63.2 Å². The van der Waals surface area contributed by atoms with Gasteiger partial charge in [-0.25, -0.2) is 0 Å². The maximum absolute atomic E-state index is 13.1. The van der Waals surface area contributed by atoms with Gasteiger partial charge >= 0.3 is 0 Å². The second-order valence-electron chi connectivity index (χ2n) is 13.0. The highest BCUT2D eigenvalue weighted by Crippen LogP contribution is 2.42. The van der Waals surface area contributed by atoms with Crippen molar-refractivity contribution in [2.24, 2.45) is 10.2 Å². The van der Waals surface area contributed by atoms with Crippen molar-refractivity contribution in [2.45, 2.75) is 77.0 Å². The number of hydrogen-bond acceptors (Lipinski definition) is 8. The summed E-state index contributed by atoms with van der Waals surface area (Å²) in [5.74, 6) is 0.600. The second-order valence-corrected chi connectivity index (χ2v) is 14.8. The van der Waals surface area contributed by atoms with Crippen LogP contribution in [0.3, 0.4) is 0 Å². The summed E-state index contributed by atoms with van der Waals surface area (Å²) in [5, 5.41) is 21.7. The zero-order valence-electron chi connectivity index (χ0n) is 28.7. The van der Waals surface area contributed by atoms with Crippen LogP contribution in [0.5, 0.6) is 23.0 Å². The molecule has 0 unspecified atom stereocenters. The fraction of sp³-hybridized carbons (Fsp3) is 0.324. The molecule has 4 aromatic carbocycles. The molecule has 0 saturated heterocycles. The lowest BCUT2D eigenvalue weighted by Gasteiger charge is -2.30. The number of halogens is 1. The smallest absolute Gasteiger partial charge is 0.294 e. The fourth-order valence-corrected chi connectivity index (χ4v) is 5.43. The van der Waals surface area contributed by atoms with Crippen molar-refractivity contribution in [3.8, 4) is 23.0 Å². The third-order valence-corrected chi connectivity index (χ3v) is 10.1. The zero-order valence-corrected chi connectivity index (χ0v) is 30.2. The Kier molecular flexibility index (Phi) is 11.4. The van der Waals surface area contributed by atoms with Crippen LogP contribution >= 0.6 is 11.6 Å². The average molecular weight is 708 g/mol. The highest BCUT2D eigenvalue weighted by atomic mass is 35.5. The Balaban J connectivity index is 1.46. The molecule has 0 aromatic heterocycles. The van der Waals surface area contributed by atoms with Crippen LogP contribution in [-0.4, -0.2) is 30.6 Å². The van der Waals surface area contributed by atoms with E-state index in [9.17, 15) is 18.3 Å². The minimum Gasteiger partial charge on any atom is -0.504 e. The summed E-state index contributed by atoms with van der Waals surface area (Å²) >= 11 is 6.43. The van der Waals surface area contributed by atoms with Gasteiger partial charge in [-0.2, -0.15) is 18.6 Å². The molecule has 12 heteroatoms. The van der Waals surface area contributed by atoms with Crippen molar-refractivity contribution >= 4 is 44.7 Å². The predicted octanol–water partition coefficient (Wildman–Crippen LogP) is 10.2. The van der Waals surface area contributed by atoms with Crippen LogP contribution in [0.25, 0.3) is 0 Å². The number of rotatable bonds is 13. The molecule has 0 saturated carbocycles. The summed E-state index contributed by atoms with van der Waals surface area (Å²) in [6.07, 6.45) is 1.86. The molecule has 10 nitrogen and oxygen atoms in total. The van der Waals surface area contributed by atoms with Gasteiger partial charge in [-0.1, -0.05) is 65.3 Å². The lowest BCUT2D eigenvalue weighted by molar-refractivity contribution is -0.118. The summed E-state index contributed by atoms with van der Waals surface area (Å²) in [7, 11) is -4.30. The monoisotopic (exact) mass is 707 g/mol. The molecule has 0 spiro atoms. The minimum absolute atomic E-state index is 0.00491. The van der Waals surface area contributed by atoms with Crippen LogP contribution in [0, 0.1) is 6.92 Å². The number of carbonyl (C=O) groups excluding carboxylic acids is 1. The number of carbonyl (C=O) groups is 1. The van der Waals surface area contributed by atoms with Crippen molar-refractivity contribution in [3.63, 3.8) is 0 Å². The zero-order chi connectivity index (χ0) is 36.1. The van der Waals surface area contributed by atoms with E-state index in [1.807, 2.05) is 12.1 Å². The Morgan fingerprint density at radius 3 is 1.98 bits per heavy atom. The number of benzene rings is 4. The number of amides is 1. The highest BCUT2D eigenvalue weighted by molar-refractivity contribution is 7.85. The largest absolute Gasteiger partial charge is 0.504 e. The summed E-state index contributed by atoms with van der Waals surface area (Å²) in [6, 6.07) is 19.6. The molecule has 0 fully saturated rings. The topological polar surface area (TPSA) is 147 Å². The fourth-order valence-electron chi connectivity index (χ4n) is 4.75. The molecule has 0 aliphatic carbocycles. The van der Waals surface area contributed by atoms with Crippen molar-refractivity contribution < 1.29 is 32.3 Å². The predicted molar refractivity (Wildman–Crippen MR) is 192 cm³/mol. The van der Waals surface area contributed by atoms with E-state index in [0.717, 1.165) is 18.4 Å². The summed E-state index contributed by atoms with van der Waals surface area (Å²) in [4.78, 5) is 12.8. The van der Waals surface area contributed by atoms with Gasteiger partial charge in [0.1, 0.15) is 17.2 Å². The highest BCUT2D eigenvalue weighted by Gasteiger charge is 2.27. The van der Waals surface area contributed by atoms with Gasteiger partial charge in [-0.3, -0.25) is 9.35 Å². The maximum atomic E-state index is 13.1. The van der Waals surface area contributed by atoms with Gasteiger partial charge in [-0.15, -0.1) is 0 Å². The lowest BCUT2D eigenvalue weighted by Crippen LogP contribution is -2.24. The summed E-state index contributed by atoms with van der Waals surface area (Å²) in [5.41, 5.74) is 3.47. The minimum atomic E-state index is -4.30. The van der Waals surface area contributed by atoms with Gasteiger partial charge in [0.15, 0.2) is 12.4 Å². The van der Waals surface area contributed by atoms with Gasteiger partial charge in [0.25, 0.3) is 16.0 Å². The van der Waals surface area contributed by atoms with Gasteiger partial charge < -0.3 is 19.9 Å². The first-order chi connectivity index (χ1) is 22.9. The summed E-state index contributed by atoms with van der Waals surface area (Å²) < 4.78 is 43.6. The van der Waals surface area contributed by atoms with Crippen molar-refractivity contribution in [3.05, 3.63) is 94.5 Å². The number of phenolic OH excluding ortho intramolecular Hbond substituents is 1. The number of ether oxygens (including phenoxy) is 2. The molecule has 0 radical (unpaired) electrons. The SMILES string of the molecule is CCC(C)(C)c1ccc(OCC(=O)Nc2cc(Oc3ccc(N=Nc4ccc(S(=O)(=O)O)cc4)cc3)c(C)c(Cl)c2O)c(C(C)(C)CC)c1. The number of anilines is 1. The van der Waals surface area contributed by atoms with Gasteiger partial charge in [-0.05, 0) is 90.8 Å². The van der Waals surface area contributed by atoms with E-state index in [-0.39, 0.29) is 38.8 Å². The van der Waals surface area contributed by atoms with Gasteiger partial charge in [0.05, 0.1) is 27.0 Å². The molecule has 3 N–H and O–H groups in total. The molecule has 4 aromatic rings. The maximum Gasteiger partial charge on any atom is 0.294 e. The second kappa shape index (κ2) is 15.0. The normalized spacial score (nSPS) is 12.3. The van der Waals surface area contributed by atoms with E-state index >= 15 is 0 Å². The number of nitrogens with zero attached hydrogens (tertiary/aromatic N) is 2. The standard InChI is InChI=1S/C37H42ClN3O7S/c1-8-36(4,5)24-10-19-31(29(20-24)37(6,7)9-2)47-22-33(42)39-30-21-32(23(3)34(38)35(30)43)48-27-15-11-25(12-16-27)40-41-26-13-17-28(18-14-26)49(44,45)46/h10-21,43H,8-9,22H2,1-7H3,(H,39,42)(H,44,45,46). The number of phenols is 1. The average Bonchev–Trinajstić information content (AvgIpc) is 3.07. The van der Waals surface area contributed by atoms with Crippen LogP contribution in [-0.2, 0) is 25.7 Å². The molecule has 1 amide bonds. The van der Waals surface area contributed by atoms with Crippen LogP contribution in [0.4, 0.5) is 17.1 Å². The van der Waals surface area contributed by atoms with E-state index in [1.54, 1.807) is 31.2 Å². The molecular formula is C37H42ClN3O7S.